The number of urea groups is 1. The molecule has 1 aromatic carbocycles. The zero-order valence-electron chi connectivity index (χ0n) is 15.7. The van der Waals surface area contributed by atoms with Crippen molar-refractivity contribution in [2.24, 2.45) is 0 Å². The number of esters is 1. The minimum Gasteiger partial charge on any atom is -0.493 e. The normalized spacial score (nSPS) is 14.1. The number of carbonyl (C=O) groups excluding carboxylic acids is 3. The van der Waals surface area contributed by atoms with Crippen LogP contribution in [-0.2, 0) is 20.7 Å². The second-order valence-corrected chi connectivity index (χ2v) is 6.38. The van der Waals surface area contributed by atoms with E-state index in [9.17, 15) is 14.4 Å². The van der Waals surface area contributed by atoms with Gasteiger partial charge in [-0.15, -0.1) is 0 Å². The molecular weight excluding hydrogens is 352 g/mol. The SMILES string of the molecule is COc1ccc(CC(=O)OCC(=O)NC(=O)NC2CCCCC2)cc1OC. The van der Waals surface area contributed by atoms with Crippen LogP contribution in [0.5, 0.6) is 11.5 Å². The van der Waals surface area contributed by atoms with Crippen molar-refractivity contribution in [3.63, 3.8) is 0 Å². The van der Waals surface area contributed by atoms with Gasteiger partial charge in [0.1, 0.15) is 0 Å². The zero-order chi connectivity index (χ0) is 19.6. The highest BCUT2D eigenvalue weighted by molar-refractivity contribution is 5.95. The van der Waals surface area contributed by atoms with E-state index >= 15 is 0 Å². The van der Waals surface area contributed by atoms with E-state index in [-0.39, 0.29) is 12.5 Å². The maximum absolute atomic E-state index is 11.9. The first-order chi connectivity index (χ1) is 13.0. The van der Waals surface area contributed by atoms with Gasteiger partial charge in [-0.3, -0.25) is 14.9 Å². The maximum Gasteiger partial charge on any atom is 0.321 e. The molecule has 27 heavy (non-hydrogen) atoms. The second kappa shape index (κ2) is 10.4. The lowest BCUT2D eigenvalue weighted by molar-refractivity contribution is -0.147. The molecule has 3 amide bonds. The van der Waals surface area contributed by atoms with Crippen LogP contribution in [0.4, 0.5) is 4.79 Å². The topological polar surface area (TPSA) is 103 Å². The second-order valence-electron chi connectivity index (χ2n) is 6.38. The van der Waals surface area contributed by atoms with Crippen molar-refractivity contribution in [3.8, 4) is 11.5 Å². The molecule has 0 spiro atoms. The maximum atomic E-state index is 11.9. The third kappa shape index (κ3) is 6.80. The van der Waals surface area contributed by atoms with Crippen LogP contribution in [0.25, 0.3) is 0 Å². The van der Waals surface area contributed by atoms with Crippen molar-refractivity contribution in [1.29, 1.82) is 0 Å². The fourth-order valence-corrected chi connectivity index (χ4v) is 2.99. The molecule has 2 N–H and O–H groups in total. The van der Waals surface area contributed by atoms with E-state index in [1.54, 1.807) is 18.2 Å². The third-order valence-corrected chi connectivity index (χ3v) is 4.35. The van der Waals surface area contributed by atoms with Crippen LogP contribution in [0, 0.1) is 0 Å². The van der Waals surface area contributed by atoms with E-state index in [4.69, 9.17) is 14.2 Å². The van der Waals surface area contributed by atoms with E-state index in [0.29, 0.717) is 17.1 Å². The summed E-state index contributed by atoms with van der Waals surface area (Å²) in [6, 6.07) is 4.60. The van der Waals surface area contributed by atoms with Crippen molar-refractivity contribution in [2.75, 3.05) is 20.8 Å². The number of nitrogens with one attached hydrogen (secondary N) is 2. The lowest BCUT2D eigenvalue weighted by Crippen LogP contribution is -2.46. The van der Waals surface area contributed by atoms with Gasteiger partial charge in [0.25, 0.3) is 5.91 Å². The van der Waals surface area contributed by atoms with Gasteiger partial charge in [0, 0.05) is 6.04 Å². The van der Waals surface area contributed by atoms with Crippen LogP contribution in [0.15, 0.2) is 18.2 Å². The van der Waals surface area contributed by atoms with Gasteiger partial charge in [0.2, 0.25) is 0 Å². The molecular formula is C19H26N2O6. The number of hydrogen-bond acceptors (Lipinski definition) is 6. The Kier molecular flexibility index (Phi) is 7.91. The monoisotopic (exact) mass is 378 g/mol. The number of methoxy groups -OCH3 is 2. The van der Waals surface area contributed by atoms with Crippen LogP contribution in [0.1, 0.15) is 37.7 Å². The van der Waals surface area contributed by atoms with Crippen LogP contribution < -0.4 is 20.1 Å². The molecule has 0 bridgehead atoms. The van der Waals surface area contributed by atoms with Crippen molar-refractivity contribution in [2.45, 2.75) is 44.6 Å². The molecule has 148 valence electrons. The third-order valence-electron chi connectivity index (χ3n) is 4.35. The van der Waals surface area contributed by atoms with Gasteiger partial charge in [-0.25, -0.2) is 4.79 Å². The van der Waals surface area contributed by atoms with Gasteiger partial charge < -0.3 is 19.5 Å². The van der Waals surface area contributed by atoms with E-state index in [1.807, 2.05) is 0 Å². The molecule has 1 aliphatic rings. The van der Waals surface area contributed by atoms with Crippen LogP contribution in [0.3, 0.4) is 0 Å². The quantitative estimate of drug-likeness (QED) is 0.703. The first-order valence-corrected chi connectivity index (χ1v) is 8.98. The number of ether oxygens (including phenoxy) is 3. The molecule has 1 saturated carbocycles. The summed E-state index contributed by atoms with van der Waals surface area (Å²) in [5, 5.41) is 4.94. The van der Waals surface area contributed by atoms with Crippen molar-refractivity contribution in [3.05, 3.63) is 23.8 Å². The molecule has 1 aromatic rings. The summed E-state index contributed by atoms with van der Waals surface area (Å²) in [5.41, 5.74) is 0.660. The minimum atomic E-state index is -0.663. The van der Waals surface area contributed by atoms with E-state index < -0.39 is 24.5 Å². The van der Waals surface area contributed by atoms with Crippen LogP contribution in [-0.4, -0.2) is 44.8 Å². The standard InChI is InChI=1S/C19H26N2O6/c1-25-15-9-8-13(10-16(15)26-2)11-18(23)27-12-17(22)21-19(24)20-14-6-4-3-5-7-14/h8-10,14H,3-7,11-12H2,1-2H3,(H2,20,21,22,24). The van der Waals surface area contributed by atoms with E-state index in [0.717, 1.165) is 25.7 Å². The summed E-state index contributed by atoms with van der Waals surface area (Å²) in [4.78, 5) is 35.4. The van der Waals surface area contributed by atoms with Crippen molar-refractivity contribution >= 4 is 17.9 Å². The molecule has 0 saturated heterocycles. The number of carbonyl (C=O) groups is 3. The number of hydrogen-bond donors (Lipinski definition) is 2. The van der Waals surface area contributed by atoms with E-state index in [2.05, 4.69) is 10.6 Å². The summed E-state index contributed by atoms with van der Waals surface area (Å²) in [7, 11) is 3.03. The largest absolute Gasteiger partial charge is 0.493 e. The molecule has 8 nitrogen and oxygen atoms in total. The molecule has 0 heterocycles. The smallest absolute Gasteiger partial charge is 0.321 e. The summed E-state index contributed by atoms with van der Waals surface area (Å²) < 4.78 is 15.2. The van der Waals surface area contributed by atoms with Gasteiger partial charge in [0.05, 0.1) is 20.6 Å². The average Bonchev–Trinajstić information content (AvgIpc) is 2.67. The number of amides is 3. The van der Waals surface area contributed by atoms with Gasteiger partial charge >= 0.3 is 12.0 Å². The Morgan fingerprint density at radius 2 is 1.74 bits per heavy atom. The average molecular weight is 378 g/mol. The number of benzene rings is 1. The van der Waals surface area contributed by atoms with Gasteiger partial charge in [0.15, 0.2) is 18.1 Å². The molecule has 0 aliphatic heterocycles. The lowest BCUT2D eigenvalue weighted by atomic mass is 9.96. The van der Waals surface area contributed by atoms with Crippen molar-refractivity contribution < 1.29 is 28.6 Å². The predicted octanol–water partition coefficient (Wildman–Crippen LogP) is 1.95. The summed E-state index contributed by atoms with van der Waals surface area (Å²) in [5.74, 6) is -0.188. The zero-order valence-corrected chi connectivity index (χ0v) is 15.7. The Morgan fingerprint density at radius 1 is 1.04 bits per heavy atom. The van der Waals surface area contributed by atoms with Crippen LogP contribution >= 0.6 is 0 Å². The molecule has 0 atom stereocenters. The first-order valence-electron chi connectivity index (χ1n) is 8.98. The molecule has 0 radical (unpaired) electrons. The summed E-state index contributed by atoms with van der Waals surface area (Å²) in [6.45, 7) is -0.510. The Morgan fingerprint density at radius 3 is 2.41 bits per heavy atom. The summed E-state index contributed by atoms with van der Waals surface area (Å²) in [6.07, 6.45) is 5.14. The van der Waals surface area contributed by atoms with Crippen LogP contribution in [0.2, 0.25) is 0 Å². The van der Waals surface area contributed by atoms with Crippen molar-refractivity contribution in [1.82, 2.24) is 10.6 Å². The highest BCUT2D eigenvalue weighted by atomic mass is 16.5. The molecule has 0 aromatic heterocycles. The fourth-order valence-electron chi connectivity index (χ4n) is 2.99. The Labute approximate surface area is 158 Å². The highest BCUT2D eigenvalue weighted by Crippen LogP contribution is 2.27. The van der Waals surface area contributed by atoms with Gasteiger partial charge in [-0.1, -0.05) is 25.3 Å². The van der Waals surface area contributed by atoms with Gasteiger partial charge in [-0.2, -0.15) is 0 Å². The first kappa shape index (κ1) is 20.5. The Bertz CT molecular complexity index is 670. The van der Waals surface area contributed by atoms with E-state index in [1.165, 1.54) is 20.6 Å². The highest BCUT2D eigenvalue weighted by Gasteiger charge is 2.17. The molecule has 1 fully saturated rings. The molecule has 2 rings (SSSR count). The number of imide groups is 1. The molecule has 0 unspecified atom stereocenters. The lowest BCUT2D eigenvalue weighted by Gasteiger charge is -2.22. The predicted molar refractivity (Wildman–Crippen MR) is 97.8 cm³/mol. The number of rotatable bonds is 7. The Balaban J connectivity index is 1.72. The molecule has 8 heteroatoms. The minimum absolute atomic E-state index is 0.0259. The summed E-state index contributed by atoms with van der Waals surface area (Å²) >= 11 is 0. The van der Waals surface area contributed by atoms with Gasteiger partial charge in [-0.05, 0) is 30.5 Å². The fraction of sp³-hybridized carbons (Fsp3) is 0.526. The molecule has 1 aliphatic carbocycles. The Hall–Kier alpha value is -2.77.